The number of aromatic nitrogens is 2. The summed E-state index contributed by atoms with van der Waals surface area (Å²) in [5.41, 5.74) is 1.41. The fourth-order valence-corrected chi connectivity index (χ4v) is 2.46. The summed E-state index contributed by atoms with van der Waals surface area (Å²) in [4.78, 5) is 24.9. The lowest BCUT2D eigenvalue weighted by atomic mass is 9.93. The van der Waals surface area contributed by atoms with Crippen molar-refractivity contribution in [3.8, 4) is 5.69 Å². The quantitative estimate of drug-likeness (QED) is 0.850. The second kappa shape index (κ2) is 5.90. The molecule has 0 atom stereocenters. The molecule has 0 radical (unpaired) electrons. The third-order valence-electron chi connectivity index (χ3n) is 3.69. The maximum absolute atomic E-state index is 12.5. The molecule has 1 aromatic heterocycles. The van der Waals surface area contributed by atoms with Crippen LogP contribution in [0.2, 0.25) is 0 Å². The highest BCUT2D eigenvalue weighted by atomic mass is 16.2. The maximum atomic E-state index is 12.5. The van der Waals surface area contributed by atoms with E-state index >= 15 is 0 Å². The lowest BCUT2D eigenvalue weighted by molar-refractivity contribution is 0.0911. The number of aryl methyl sites for hydroxylation is 1. The van der Waals surface area contributed by atoms with Gasteiger partial charge in [0.1, 0.15) is 5.56 Å². The normalized spacial score (nSPS) is 11.0. The van der Waals surface area contributed by atoms with Crippen LogP contribution in [0, 0.1) is 12.8 Å². The summed E-state index contributed by atoms with van der Waals surface area (Å²) in [7, 11) is 0. The van der Waals surface area contributed by atoms with E-state index < -0.39 is 0 Å². The van der Waals surface area contributed by atoms with Gasteiger partial charge >= 0.3 is 0 Å². The zero-order chi connectivity index (χ0) is 14.7. The lowest BCUT2D eigenvalue weighted by Gasteiger charge is -2.09. The number of hydrogen-bond acceptors (Lipinski definition) is 2. The maximum Gasteiger partial charge on any atom is 0.282 e. The Morgan fingerprint density at radius 1 is 1.20 bits per heavy atom. The first kappa shape index (κ1) is 14.3. The molecule has 1 heterocycles. The minimum absolute atomic E-state index is 0.0524. The number of ketones is 1. The number of rotatable bonds is 5. The average molecular weight is 272 g/mol. The predicted octanol–water partition coefficient (Wildman–Crippen LogP) is 3.09. The van der Waals surface area contributed by atoms with Gasteiger partial charge in [-0.1, -0.05) is 32.0 Å². The van der Waals surface area contributed by atoms with Crippen LogP contribution in [-0.4, -0.2) is 15.6 Å². The highest BCUT2D eigenvalue weighted by Crippen LogP contribution is 2.16. The van der Waals surface area contributed by atoms with E-state index in [0.29, 0.717) is 11.3 Å². The van der Waals surface area contributed by atoms with Crippen molar-refractivity contribution in [3.05, 3.63) is 51.9 Å². The number of H-pyrrole nitrogens is 1. The first-order valence-electron chi connectivity index (χ1n) is 7.01. The van der Waals surface area contributed by atoms with Gasteiger partial charge < -0.3 is 0 Å². The summed E-state index contributed by atoms with van der Waals surface area (Å²) in [5, 5.41) is 3.00. The van der Waals surface area contributed by atoms with Crippen LogP contribution in [0.3, 0.4) is 0 Å². The Bertz CT molecular complexity index is 649. The largest absolute Gasteiger partial charge is 0.295 e. The van der Waals surface area contributed by atoms with Gasteiger partial charge in [-0.15, -0.1) is 0 Å². The van der Waals surface area contributed by atoms with Crippen LogP contribution in [0.5, 0.6) is 0 Å². The van der Waals surface area contributed by atoms with Gasteiger partial charge in [-0.3, -0.25) is 14.7 Å². The molecule has 1 N–H and O–H groups in total. The van der Waals surface area contributed by atoms with Gasteiger partial charge in [0.15, 0.2) is 5.78 Å². The molecule has 20 heavy (non-hydrogen) atoms. The number of Topliss-reactive ketones (excluding diaryl/α,β-unsaturated/α-hetero) is 1. The molecule has 4 nitrogen and oxygen atoms in total. The molecule has 106 valence electrons. The van der Waals surface area contributed by atoms with Crippen LogP contribution in [-0.2, 0) is 0 Å². The summed E-state index contributed by atoms with van der Waals surface area (Å²) in [5.74, 6) is -0.134. The summed E-state index contributed by atoms with van der Waals surface area (Å²) in [6.45, 7) is 5.73. The fourth-order valence-electron chi connectivity index (χ4n) is 2.46. The molecule has 4 heteroatoms. The van der Waals surface area contributed by atoms with E-state index in [1.165, 1.54) is 4.68 Å². The van der Waals surface area contributed by atoms with Gasteiger partial charge in [0.05, 0.1) is 5.69 Å². The molecule has 0 fully saturated rings. The minimum atomic E-state index is -0.259. The molecule has 0 unspecified atom stereocenters. The van der Waals surface area contributed by atoms with Crippen molar-refractivity contribution in [3.63, 3.8) is 0 Å². The molecular formula is C16H20N2O2. The second-order valence-electron chi connectivity index (χ2n) is 4.97. The van der Waals surface area contributed by atoms with Crippen LogP contribution >= 0.6 is 0 Å². The monoisotopic (exact) mass is 272 g/mol. The van der Waals surface area contributed by atoms with Gasteiger partial charge in [-0.2, -0.15) is 0 Å². The van der Waals surface area contributed by atoms with Crippen molar-refractivity contribution in [2.45, 2.75) is 33.6 Å². The third kappa shape index (κ3) is 2.46. The van der Waals surface area contributed by atoms with E-state index in [1.807, 2.05) is 44.2 Å². The van der Waals surface area contributed by atoms with Crippen LogP contribution < -0.4 is 5.56 Å². The van der Waals surface area contributed by atoms with Crippen molar-refractivity contribution in [1.29, 1.82) is 0 Å². The van der Waals surface area contributed by atoms with Gasteiger partial charge in [-0.05, 0) is 31.9 Å². The topological polar surface area (TPSA) is 54.9 Å². The summed E-state index contributed by atoms with van der Waals surface area (Å²) >= 11 is 0. The predicted molar refractivity (Wildman–Crippen MR) is 79.5 cm³/mol. The Balaban J connectivity index is 2.50. The Hall–Kier alpha value is -2.10. The number of carbonyl (C=O) groups excluding carboxylic acids is 1. The number of carbonyl (C=O) groups is 1. The molecule has 0 aliphatic rings. The average Bonchev–Trinajstić information content (AvgIpc) is 2.76. The smallest absolute Gasteiger partial charge is 0.282 e. The first-order chi connectivity index (χ1) is 9.60. The molecule has 0 amide bonds. The molecule has 0 aliphatic heterocycles. The molecule has 0 spiro atoms. The van der Waals surface area contributed by atoms with E-state index in [0.717, 1.165) is 18.5 Å². The van der Waals surface area contributed by atoms with E-state index in [9.17, 15) is 9.59 Å². The molecule has 1 aromatic carbocycles. The number of nitrogens with zero attached hydrogens (tertiary/aromatic N) is 1. The molecule has 2 rings (SSSR count). The van der Waals surface area contributed by atoms with Crippen molar-refractivity contribution in [2.75, 3.05) is 0 Å². The lowest BCUT2D eigenvalue weighted by Crippen LogP contribution is -2.24. The SMILES string of the molecule is CCC(CC)C(=O)c1c(C)[nH]n(-c2ccccc2)c1=O. The standard InChI is InChI=1S/C16H20N2O2/c1-4-12(5-2)15(19)14-11(3)17-18(16(14)20)13-9-7-6-8-10-13/h6-10,12,17H,4-5H2,1-3H3. The molecular weight excluding hydrogens is 252 g/mol. The molecule has 0 saturated heterocycles. The first-order valence-corrected chi connectivity index (χ1v) is 7.01. The van der Waals surface area contributed by atoms with E-state index in [4.69, 9.17) is 0 Å². The number of benzene rings is 1. The third-order valence-corrected chi connectivity index (χ3v) is 3.69. The van der Waals surface area contributed by atoms with E-state index in [-0.39, 0.29) is 17.3 Å². The highest BCUT2D eigenvalue weighted by molar-refractivity contribution is 5.98. The van der Waals surface area contributed by atoms with Crippen LogP contribution in [0.15, 0.2) is 35.1 Å². The van der Waals surface area contributed by atoms with Gasteiger partial charge in [0.25, 0.3) is 5.56 Å². The number of nitrogens with one attached hydrogen (secondary N) is 1. The summed E-state index contributed by atoms with van der Waals surface area (Å²) in [6, 6.07) is 9.28. The molecule has 0 aliphatic carbocycles. The van der Waals surface area contributed by atoms with E-state index in [2.05, 4.69) is 5.10 Å². The Kier molecular flexibility index (Phi) is 4.23. The van der Waals surface area contributed by atoms with Crippen LogP contribution in [0.1, 0.15) is 42.7 Å². The van der Waals surface area contributed by atoms with Crippen molar-refractivity contribution in [1.82, 2.24) is 9.78 Å². The molecule has 2 aromatic rings. The van der Waals surface area contributed by atoms with Crippen LogP contribution in [0.25, 0.3) is 5.69 Å². The highest BCUT2D eigenvalue weighted by Gasteiger charge is 2.24. The van der Waals surface area contributed by atoms with Gasteiger partial charge in [0.2, 0.25) is 0 Å². The number of hydrogen-bond donors (Lipinski definition) is 1. The number of para-hydroxylation sites is 1. The van der Waals surface area contributed by atoms with E-state index in [1.54, 1.807) is 6.92 Å². The van der Waals surface area contributed by atoms with Gasteiger partial charge in [0, 0.05) is 11.6 Å². The molecule has 0 bridgehead atoms. The Labute approximate surface area is 118 Å². The Morgan fingerprint density at radius 3 is 2.35 bits per heavy atom. The fraction of sp³-hybridized carbons (Fsp3) is 0.375. The number of aromatic amines is 1. The van der Waals surface area contributed by atoms with Crippen molar-refractivity contribution >= 4 is 5.78 Å². The minimum Gasteiger partial charge on any atom is -0.295 e. The van der Waals surface area contributed by atoms with Crippen LogP contribution in [0.4, 0.5) is 0 Å². The zero-order valence-corrected chi connectivity index (χ0v) is 12.1. The summed E-state index contributed by atoms with van der Waals surface area (Å²) < 4.78 is 1.44. The Morgan fingerprint density at radius 2 is 1.80 bits per heavy atom. The summed E-state index contributed by atoms with van der Waals surface area (Å²) in [6.07, 6.45) is 1.51. The molecule has 0 saturated carbocycles. The van der Waals surface area contributed by atoms with Crippen molar-refractivity contribution in [2.24, 2.45) is 5.92 Å². The second-order valence-corrected chi connectivity index (χ2v) is 4.97. The van der Waals surface area contributed by atoms with Crippen molar-refractivity contribution < 1.29 is 4.79 Å². The van der Waals surface area contributed by atoms with Gasteiger partial charge in [-0.25, -0.2) is 4.68 Å². The zero-order valence-electron chi connectivity index (χ0n) is 12.1.